The van der Waals surface area contributed by atoms with E-state index in [-0.39, 0.29) is 42.5 Å². The fourth-order valence-electron chi connectivity index (χ4n) is 8.28. The highest BCUT2D eigenvalue weighted by Gasteiger charge is 2.66. The van der Waals surface area contributed by atoms with Gasteiger partial charge in [0.2, 0.25) is 11.8 Å². The molecular weight excluding hydrogens is 536 g/mol. The van der Waals surface area contributed by atoms with Gasteiger partial charge in [-0.1, -0.05) is 40.0 Å². The monoisotopic (exact) mass is 590 g/mol. The largest absolute Gasteiger partial charge is 0.444 e. The van der Waals surface area contributed by atoms with Crippen LogP contribution in [0.4, 0.5) is 4.79 Å². The minimum absolute atomic E-state index is 0.0402. The third-order valence-corrected chi connectivity index (χ3v) is 10.0. The number of aliphatic hydroxyl groups excluding tert-OH is 1. The second-order valence-corrected chi connectivity index (χ2v) is 15.4. The first kappa shape index (κ1) is 31.5. The van der Waals surface area contributed by atoms with Crippen LogP contribution in [0.3, 0.4) is 0 Å². The van der Waals surface area contributed by atoms with Gasteiger partial charge in [0.15, 0.2) is 0 Å². The Kier molecular flexibility index (Phi) is 8.63. The molecule has 5 heterocycles. The first-order chi connectivity index (χ1) is 19.7. The molecule has 1 saturated carbocycles. The summed E-state index contributed by atoms with van der Waals surface area (Å²) in [5.74, 6) is 0.124. The van der Waals surface area contributed by atoms with Crippen LogP contribution >= 0.6 is 0 Å². The third-order valence-electron chi connectivity index (χ3n) is 10.0. The lowest BCUT2D eigenvalue weighted by atomic mass is 9.68. The molecule has 1 aliphatic carbocycles. The van der Waals surface area contributed by atoms with E-state index in [9.17, 15) is 19.5 Å². The van der Waals surface area contributed by atoms with Gasteiger partial charge in [0.25, 0.3) is 0 Å². The van der Waals surface area contributed by atoms with Crippen molar-refractivity contribution in [2.45, 2.75) is 128 Å². The van der Waals surface area contributed by atoms with Crippen LogP contribution < -0.4 is 5.32 Å². The topological polar surface area (TPSA) is 109 Å². The zero-order chi connectivity index (χ0) is 30.6. The van der Waals surface area contributed by atoms with Gasteiger partial charge in [0.1, 0.15) is 17.7 Å². The highest BCUT2D eigenvalue weighted by atomic mass is 16.6. The van der Waals surface area contributed by atoms with Gasteiger partial charge in [0.05, 0.1) is 17.7 Å². The number of carbonyl (C=O) groups is 3. The van der Waals surface area contributed by atoms with E-state index < -0.39 is 29.2 Å². The first-order valence-electron chi connectivity index (χ1n) is 16.2. The molecule has 2 bridgehead atoms. The predicted molar refractivity (Wildman–Crippen MR) is 159 cm³/mol. The van der Waals surface area contributed by atoms with Crippen molar-refractivity contribution < 1.29 is 24.2 Å². The number of hydrogen-bond acceptors (Lipinski definition) is 8. The molecule has 0 aromatic heterocycles. The Hall–Kier alpha value is -1.95. The quantitative estimate of drug-likeness (QED) is 0.515. The average molecular weight is 591 g/mol. The highest BCUT2D eigenvalue weighted by Crippen LogP contribution is 2.56. The van der Waals surface area contributed by atoms with Gasteiger partial charge in [-0.2, -0.15) is 5.12 Å². The maximum atomic E-state index is 14.6. The number of hydrogen-bond donors (Lipinski definition) is 2. The molecule has 6 aliphatic rings. The second-order valence-electron chi connectivity index (χ2n) is 15.4. The van der Waals surface area contributed by atoms with Crippen molar-refractivity contribution in [2.24, 2.45) is 11.3 Å². The summed E-state index contributed by atoms with van der Waals surface area (Å²) < 4.78 is 5.91. The molecule has 42 heavy (non-hydrogen) atoms. The summed E-state index contributed by atoms with van der Waals surface area (Å²) in [6.07, 6.45) is 6.81. The SMILES string of the molecule is CNC(=O)[C@@H]1C[C@@H](O)CN1C(=O)[C@@H](N1CC(C23CC(CN2C(=O)OC(C)(C)C)C3)N2CCCCCCCN21)C(C)(C)C. The second kappa shape index (κ2) is 11.5. The van der Waals surface area contributed by atoms with Crippen LogP contribution in [0.15, 0.2) is 0 Å². The van der Waals surface area contributed by atoms with Crippen molar-refractivity contribution in [3.8, 4) is 0 Å². The van der Waals surface area contributed by atoms with Crippen molar-refractivity contribution >= 4 is 17.9 Å². The number of fused-ring (bicyclic) bond motifs is 2. The van der Waals surface area contributed by atoms with Gasteiger partial charge in [-0.05, 0) is 57.8 Å². The Labute approximate surface area is 251 Å². The summed E-state index contributed by atoms with van der Waals surface area (Å²) >= 11 is 0. The van der Waals surface area contributed by atoms with Gasteiger partial charge in [0, 0.05) is 46.2 Å². The Bertz CT molecular complexity index is 1030. The molecule has 238 valence electrons. The molecule has 0 radical (unpaired) electrons. The summed E-state index contributed by atoms with van der Waals surface area (Å²) in [6, 6.07) is -1.18. The van der Waals surface area contributed by atoms with Crippen molar-refractivity contribution in [1.29, 1.82) is 0 Å². The van der Waals surface area contributed by atoms with Crippen LogP contribution in [0.2, 0.25) is 0 Å². The number of rotatable bonds is 4. The van der Waals surface area contributed by atoms with Crippen LogP contribution in [0.5, 0.6) is 0 Å². The van der Waals surface area contributed by atoms with E-state index in [0.29, 0.717) is 12.5 Å². The smallest absolute Gasteiger partial charge is 0.410 e. The van der Waals surface area contributed by atoms with Crippen LogP contribution in [0.25, 0.3) is 0 Å². The number of nitrogens with zero attached hydrogens (tertiary/aromatic N) is 5. The summed E-state index contributed by atoms with van der Waals surface area (Å²) in [6.45, 7) is 15.2. The fourth-order valence-corrected chi connectivity index (χ4v) is 8.28. The lowest BCUT2D eigenvalue weighted by molar-refractivity contribution is -0.185. The van der Waals surface area contributed by atoms with Gasteiger partial charge in [-0.15, -0.1) is 0 Å². The highest BCUT2D eigenvalue weighted by molar-refractivity contribution is 5.90. The van der Waals surface area contributed by atoms with Gasteiger partial charge in [-0.25, -0.2) is 14.8 Å². The minimum Gasteiger partial charge on any atom is -0.444 e. The molecule has 0 spiro atoms. The lowest BCUT2D eigenvalue weighted by Gasteiger charge is -2.49. The number of aliphatic hydroxyl groups is 1. The third kappa shape index (κ3) is 5.78. The van der Waals surface area contributed by atoms with Crippen LogP contribution in [0, 0.1) is 11.3 Å². The molecule has 1 unspecified atom stereocenters. The van der Waals surface area contributed by atoms with Crippen molar-refractivity contribution in [2.75, 3.05) is 39.8 Å². The average Bonchev–Trinajstić information content (AvgIpc) is 3.62. The molecule has 2 N–H and O–H groups in total. The molecular formula is C31H54N6O5. The number of likely N-dealkylation sites (tertiary alicyclic amines) is 1. The Morgan fingerprint density at radius 3 is 2.19 bits per heavy atom. The van der Waals surface area contributed by atoms with E-state index in [2.05, 4.69) is 41.2 Å². The summed E-state index contributed by atoms with van der Waals surface area (Å²) in [5, 5.41) is 20.3. The lowest BCUT2D eigenvalue weighted by Crippen LogP contribution is -2.63. The molecule has 5 aliphatic heterocycles. The number of likely N-dealkylation sites (N-methyl/N-ethyl adjacent to an activating group) is 1. The normalized spacial score (nSPS) is 33.8. The molecule has 6 fully saturated rings. The summed E-state index contributed by atoms with van der Waals surface area (Å²) in [5.41, 5.74) is -1.34. The van der Waals surface area contributed by atoms with E-state index in [4.69, 9.17) is 4.74 Å². The number of carbonyl (C=O) groups excluding carboxylic acids is 3. The first-order valence-corrected chi connectivity index (χ1v) is 16.2. The Morgan fingerprint density at radius 1 is 0.929 bits per heavy atom. The zero-order valence-electron chi connectivity index (χ0n) is 26.9. The van der Waals surface area contributed by atoms with Crippen LogP contribution in [0.1, 0.15) is 92.9 Å². The maximum Gasteiger partial charge on any atom is 0.410 e. The van der Waals surface area contributed by atoms with E-state index in [0.717, 1.165) is 51.7 Å². The summed E-state index contributed by atoms with van der Waals surface area (Å²) in [4.78, 5) is 44.5. The molecule has 11 nitrogen and oxygen atoms in total. The molecule has 11 heteroatoms. The van der Waals surface area contributed by atoms with Crippen molar-refractivity contribution in [1.82, 2.24) is 30.3 Å². The standard InChI is InChI=1S/C31H54N6O5/c1-29(2,3)25(27(40)33-19-22(38)15-23(33)26(39)32-7)36-20-24(35-13-11-9-8-10-12-14-37(35)36)31-16-21(17-31)18-34(31)28(41)42-30(4,5)6/h21-25,38H,8-20H2,1-7H3,(H,32,39)/t21?,22-,23+,24?,25-,31?/m1/s1. The molecule has 6 rings (SSSR count). The molecule has 5 saturated heterocycles. The molecule has 0 aromatic rings. The van der Waals surface area contributed by atoms with Crippen molar-refractivity contribution in [3.05, 3.63) is 0 Å². The predicted octanol–water partition coefficient (Wildman–Crippen LogP) is 2.59. The van der Waals surface area contributed by atoms with E-state index in [1.807, 2.05) is 25.7 Å². The number of amides is 3. The van der Waals surface area contributed by atoms with Crippen LogP contribution in [-0.4, -0.2) is 123 Å². The van der Waals surface area contributed by atoms with E-state index >= 15 is 0 Å². The van der Waals surface area contributed by atoms with E-state index in [1.54, 1.807) is 11.9 Å². The Balaban J connectivity index is 1.50. The molecule has 4 atom stereocenters. The maximum absolute atomic E-state index is 14.6. The zero-order valence-corrected chi connectivity index (χ0v) is 26.9. The Morgan fingerprint density at radius 2 is 1.57 bits per heavy atom. The molecule has 0 aromatic carbocycles. The van der Waals surface area contributed by atoms with Crippen molar-refractivity contribution in [3.63, 3.8) is 0 Å². The minimum atomic E-state index is -0.725. The number of β-amino-alcohol motifs (C(OH)–C–C–N with tert-alkyl or cyclic N) is 1. The number of nitrogens with one attached hydrogen (secondary N) is 1. The van der Waals surface area contributed by atoms with Gasteiger partial charge in [-0.3, -0.25) is 9.59 Å². The fraction of sp³-hybridized carbons (Fsp3) is 0.903. The summed E-state index contributed by atoms with van der Waals surface area (Å²) in [7, 11) is 1.58. The van der Waals surface area contributed by atoms with E-state index in [1.165, 1.54) is 12.8 Å². The molecule has 3 amide bonds. The van der Waals surface area contributed by atoms with Crippen LogP contribution in [-0.2, 0) is 14.3 Å². The number of ether oxygens (including phenoxy) is 1. The number of hydrazine groups is 2. The van der Waals surface area contributed by atoms with Gasteiger partial charge >= 0.3 is 6.09 Å². The van der Waals surface area contributed by atoms with Gasteiger partial charge < -0.3 is 25.0 Å².